The molecular formula is C26H38BN3. The number of hydrogen-bond acceptors (Lipinski definition) is 3. The third kappa shape index (κ3) is 5.87. The lowest BCUT2D eigenvalue weighted by Crippen LogP contribution is -2.42. The monoisotopic (exact) mass is 403 g/mol. The Kier molecular flexibility index (Phi) is 9.41. The third-order valence-electron chi connectivity index (χ3n) is 5.57. The summed E-state index contributed by atoms with van der Waals surface area (Å²) < 4.78 is 0. The van der Waals surface area contributed by atoms with E-state index in [1.54, 1.807) is 0 Å². The van der Waals surface area contributed by atoms with Crippen LogP contribution >= 0.6 is 0 Å². The van der Waals surface area contributed by atoms with E-state index in [1.165, 1.54) is 39.1 Å². The first-order valence-corrected chi connectivity index (χ1v) is 11.3. The van der Waals surface area contributed by atoms with Crippen LogP contribution in [0.3, 0.4) is 0 Å². The Bertz CT molecular complexity index is 855. The molecule has 2 heterocycles. The molecule has 0 aromatic heterocycles. The summed E-state index contributed by atoms with van der Waals surface area (Å²) in [5.74, 6) is 2.99. The summed E-state index contributed by atoms with van der Waals surface area (Å²) >= 11 is 0. The number of benzene rings is 2. The molecule has 2 aromatic carbocycles. The first-order chi connectivity index (χ1) is 14.5. The van der Waals surface area contributed by atoms with Crippen molar-refractivity contribution in [3.05, 3.63) is 88.5 Å². The van der Waals surface area contributed by atoms with Crippen LogP contribution in [0.5, 0.6) is 0 Å². The Morgan fingerprint density at radius 3 is 2.33 bits per heavy atom. The van der Waals surface area contributed by atoms with E-state index in [2.05, 4.69) is 67.3 Å². The number of nitrogens with one attached hydrogen (secondary N) is 1. The molecule has 0 amide bonds. The molecule has 0 fully saturated rings. The van der Waals surface area contributed by atoms with Crippen LogP contribution in [0.2, 0.25) is 0 Å². The van der Waals surface area contributed by atoms with Crippen molar-refractivity contribution in [3.63, 3.8) is 0 Å². The van der Waals surface area contributed by atoms with Gasteiger partial charge in [-0.15, -0.1) is 0 Å². The van der Waals surface area contributed by atoms with E-state index in [-0.39, 0.29) is 0 Å². The van der Waals surface area contributed by atoms with Gasteiger partial charge in [0.25, 0.3) is 0 Å². The quantitative estimate of drug-likeness (QED) is 0.660. The molecule has 2 aliphatic rings. The average molecular weight is 403 g/mol. The molecule has 0 aliphatic carbocycles. The van der Waals surface area contributed by atoms with Crippen LogP contribution in [-0.2, 0) is 25.7 Å². The van der Waals surface area contributed by atoms with Crippen molar-refractivity contribution in [1.82, 2.24) is 5.32 Å². The maximum Gasteiger partial charge on any atom is 0.199 e. The van der Waals surface area contributed by atoms with E-state index in [0.717, 1.165) is 25.7 Å². The van der Waals surface area contributed by atoms with Crippen LogP contribution in [0.1, 0.15) is 55.5 Å². The highest BCUT2D eigenvalue weighted by molar-refractivity contribution is 6.67. The van der Waals surface area contributed by atoms with E-state index in [4.69, 9.17) is 11.5 Å². The second-order valence-corrected chi connectivity index (χ2v) is 7.84. The highest BCUT2D eigenvalue weighted by Gasteiger charge is 2.35. The molecule has 0 saturated carbocycles. The van der Waals surface area contributed by atoms with Gasteiger partial charge in [0.05, 0.1) is 0 Å². The normalized spacial score (nSPS) is 16.0. The lowest BCUT2D eigenvalue weighted by atomic mass is 9.39. The zero-order chi connectivity index (χ0) is 22.1. The van der Waals surface area contributed by atoms with Gasteiger partial charge in [0.2, 0.25) is 0 Å². The molecule has 30 heavy (non-hydrogen) atoms. The number of fused-ring (bicyclic) bond motifs is 2. The maximum absolute atomic E-state index is 5.69. The van der Waals surface area contributed by atoms with E-state index in [9.17, 15) is 0 Å². The van der Waals surface area contributed by atoms with Crippen molar-refractivity contribution < 1.29 is 0 Å². The summed E-state index contributed by atoms with van der Waals surface area (Å²) in [6, 6.07) is 15.3. The third-order valence-corrected chi connectivity index (χ3v) is 5.57. The Morgan fingerprint density at radius 2 is 1.73 bits per heavy atom. The molecule has 1 unspecified atom stereocenters. The second kappa shape index (κ2) is 11.8. The predicted octanol–water partition coefficient (Wildman–Crippen LogP) is 4.48. The Balaban J connectivity index is 0.000000590. The van der Waals surface area contributed by atoms with Gasteiger partial charge in [-0.1, -0.05) is 81.4 Å². The zero-order valence-corrected chi connectivity index (χ0v) is 19.2. The van der Waals surface area contributed by atoms with Crippen LogP contribution in [0.25, 0.3) is 5.57 Å². The molecule has 4 rings (SSSR count). The molecule has 4 heteroatoms. The van der Waals surface area contributed by atoms with Crippen molar-refractivity contribution in [2.75, 3.05) is 6.54 Å². The molecule has 1 atom stereocenters. The standard InChI is InChI=1S/C22H25BN2.C2H7N.C2H6/c1-15(2)20-5-3-4-18-11-22-23(13-21(18)20)12-19(25-22)10-16-6-8-17(14-24)9-7-16;1-2-3;1-2/h3-9,12,22,25H,1,10-11,13-14,24H2,2H3;2-3H2,1H3;1-2H3. The predicted molar refractivity (Wildman–Crippen MR) is 133 cm³/mol. The molecule has 2 aliphatic heterocycles. The van der Waals surface area contributed by atoms with Crippen molar-refractivity contribution in [2.24, 2.45) is 11.5 Å². The van der Waals surface area contributed by atoms with Crippen molar-refractivity contribution in [3.8, 4) is 0 Å². The minimum Gasteiger partial charge on any atom is -0.393 e. The van der Waals surface area contributed by atoms with Crippen LogP contribution in [0.4, 0.5) is 0 Å². The SMILES string of the molecule is C=C(C)c1cccc2c1CB1C=C(Cc3ccc(CN)cc3)NC1C2.CC.CCN. The van der Waals surface area contributed by atoms with Gasteiger partial charge >= 0.3 is 0 Å². The number of allylic oxidation sites excluding steroid dienone is 2. The molecule has 0 radical (unpaired) electrons. The fourth-order valence-corrected chi connectivity index (χ4v) is 4.23. The Morgan fingerprint density at radius 1 is 1.10 bits per heavy atom. The van der Waals surface area contributed by atoms with E-state index >= 15 is 0 Å². The van der Waals surface area contributed by atoms with Crippen LogP contribution in [0.15, 0.2) is 60.7 Å². The van der Waals surface area contributed by atoms with Crippen LogP contribution < -0.4 is 16.8 Å². The van der Waals surface area contributed by atoms with Crippen molar-refractivity contribution >= 4 is 12.3 Å². The maximum atomic E-state index is 5.69. The Hall–Kier alpha value is -2.30. The van der Waals surface area contributed by atoms with Gasteiger partial charge in [0, 0.05) is 24.6 Å². The van der Waals surface area contributed by atoms with Gasteiger partial charge in [-0.05, 0) is 54.0 Å². The molecule has 3 nitrogen and oxygen atoms in total. The largest absolute Gasteiger partial charge is 0.393 e. The summed E-state index contributed by atoms with van der Waals surface area (Å²) in [4.78, 5) is 0. The van der Waals surface area contributed by atoms with E-state index in [0.29, 0.717) is 19.2 Å². The second-order valence-electron chi connectivity index (χ2n) is 7.84. The number of hydrogen-bond donors (Lipinski definition) is 3. The first kappa shape index (κ1) is 24.0. The van der Waals surface area contributed by atoms with Crippen LogP contribution in [0, 0.1) is 0 Å². The summed E-state index contributed by atoms with van der Waals surface area (Å²) in [6.45, 7) is 14.1. The summed E-state index contributed by atoms with van der Waals surface area (Å²) in [5, 5.41) is 3.77. The fraction of sp³-hybridized carbons (Fsp3) is 0.385. The van der Waals surface area contributed by atoms with Gasteiger partial charge in [-0.3, -0.25) is 0 Å². The topological polar surface area (TPSA) is 64.1 Å². The molecule has 5 N–H and O–H groups in total. The van der Waals surface area contributed by atoms with Gasteiger partial charge in [-0.25, -0.2) is 0 Å². The van der Waals surface area contributed by atoms with Gasteiger partial charge in [0.1, 0.15) is 0 Å². The average Bonchev–Trinajstić information content (AvgIpc) is 3.15. The molecule has 0 bridgehead atoms. The minimum absolute atomic E-state index is 0.534. The number of rotatable bonds is 4. The summed E-state index contributed by atoms with van der Waals surface area (Å²) in [7, 11) is 0. The van der Waals surface area contributed by atoms with Gasteiger partial charge in [0.15, 0.2) is 6.71 Å². The fourth-order valence-electron chi connectivity index (χ4n) is 4.23. The minimum atomic E-state index is 0.534. The van der Waals surface area contributed by atoms with Gasteiger partial charge in [-0.2, -0.15) is 0 Å². The molecular weight excluding hydrogens is 365 g/mol. The summed E-state index contributed by atoms with van der Waals surface area (Å²) in [5.41, 5.74) is 19.9. The highest BCUT2D eigenvalue weighted by atomic mass is 14.9. The molecule has 0 saturated heterocycles. The molecule has 0 spiro atoms. The van der Waals surface area contributed by atoms with Crippen molar-refractivity contribution in [1.29, 1.82) is 0 Å². The molecule has 2 aromatic rings. The highest BCUT2D eigenvalue weighted by Crippen LogP contribution is 2.31. The smallest absolute Gasteiger partial charge is 0.199 e. The zero-order valence-electron chi connectivity index (χ0n) is 19.2. The van der Waals surface area contributed by atoms with Crippen LogP contribution in [-0.4, -0.2) is 19.2 Å². The summed E-state index contributed by atoms with van der Waals surface area (Å²) in [6.07, 6.45) is 3.19. The van der Waals surface area contributed by atoms with E-state index in [1.807, 2.05) is 20.8 Å². The van der Waals surface area contributed by atoms with Gasteiger partial charge < -0.3 is 16.8 Å². The first-order valence-electron chi connectivity index (χ1n) is 11.3. The number of nitrogens with two attached hydrogens (primary N) is 2. The Labute approximate surface area is 183 Å². The lowest BCUT2D eigenvalue weighted by Gasteiger charge is -2.28. The lowest BCUT2D eigenvalue weighted by molar-refractivity contribution is 0.698. The van der Waals surface area contributed by atoms with Crippen molar-refractivity contribution in [2.45, 2.75) is 59.3 Å². The van der Waals surface area contributed by atoms with E-state index < -0.39 is 0 Å². The molecule has 160 valence electrons.